The summed E-state index contributed by atoms with van der Waals surface area (Å²) in [5.74, 6) is 1.95. The molecule has 0 aliphatic carbocycles. The van der Waals surface area contributed by atoms with Crippen molar-refractivity contribution in [1.29, 1.82) is 0 Å². The van der Waals surface area contributed by atoms with Crippen molar-refractivity contribution in [1.82, 2.24) is 34.8 Å². The molecule has 0 radical (unpaired) electrons. The van der Waals surface area contributed by atoms with Crippen LogP contribution in [0.3, 0.4) is 0 Å². The van der Waals surface area contributed by atoms with Crippen molar-refractivity contribution in [3.05, 3.63) is 54.4 Å². The largest absolute Gasteiger partial charge is 0.466 e. The number of ether oxygens (including phenoxy) is 3. The zero-order chi connectivity index (χ0) is 25.7. The molecule has 2 aliphatic heterocycles. The quantitative estimate of drug-likeness (QED) is 0.325. The number of rotatable bonds is 8. The van der Waals surface area contributed by atoms with Gasteiger partial charge in [0.15, 0.2) is 29.6 Å². The molecule has 2 saturated heterocycles. The molecule has 38 heavy (non-hydrogen) atoms. The highest BCUT2D eigenvalue weighted by Crippen LogP contribution is 2.31. The van der Waals surface area contributed by atoms with Crippen LogP contribution in [0.1, 0.15) is 24.4 Å². The summed E-state index contributed by atoms with van der Waals surface area (Å²) in [5, 5.41) is 9.19. The molecule has 0 bridgehead atoms. The summed E-state index contributed by atoms with van der Waals surface area (Å²) in [6.45, 7) is 5.89. The number of fused-ring (bicyclic) bond motifs is 1. The molecule has 4 aromatic rings. The van der Waals surface area contributed by atoms with E-state index in [0.717, 1.165) is 68.1 Å². The van der Waals surface area contributed by atoms with Gasteiger partial charge in [0.2, 0.25) is 0 Å². The molecule has 0 unspecified atom stereocenters. The van der Waals surface area contributed by atoms with E-state index in [1.54, 1.807) is 19.5 Å². The molecule has 1 aromatic carbocycles. The summed E-state index contributed by atoms with van der Waals surface area (Å²) in [4.78, 5) is 19.0. The maximum absolute atomic E-state index is 5.61. The highest BCUT2D eigenvalue weighted by molar-refractivity contribution is 5.85. The molecule has 2 aliphatic rings. The number of hydrogen-bond acceptors (Lipinski definition) is 10. The molecule has 198 valence electrons. The lowest BCUT2D eigenvalue weighted by Crippen LogP contribution is -2.37. The van der Waals surface area contributed by atoms with E-state index in [1.807, 2.05) is 10.7 Å². The zero-order valence-electron chi connectivity index (χ0n) is 21.6. The van der Waals surface area contributed by atoms with E-state index in [9.17, 15) is 0 Å². The Balaban J connectivity index is 1.31. The second kappa shape index (κ2) is 11.4. The van der Waals surface area contributed by atoms with E-state index in [0.29, 0.717) is 24.8 Å². The van der Waals surface area contributed by atoms with E-state index >= 15 is 0 Å². The molecular formula is C27H32N8O3. The Morgan fingerprint density at radius 3 is 2.61 bits per heavy atom. The second-order valence-electron chi connectivity index (χ2n) is 9.63. The minimum Gasteiger partial charge on any atom is -0.466 e. The fourth-order valence-corrected chi connectivity index (χ4v) is 5.10. The summed E-state index contributed by atoms with van der Waals surface area (Å²) in [5.41, 5.74) is 3.58. The minimum atomic E-state index is 0.143. The Hall–Kier alpha value is -3.67. The van der Waals surface area contributed by atoms with Crippen LogP contribution < -0.4 is 9.64 Å². The van der Waals surface area contributed by atoms with Gasteiger partial charge in [-0.15, -0.1) is 5.10 Å². The SMILES string of the molecule is COCOc1cncc(-c2nc(N3CCOCC3)c3nnn(C4CCN(Cc5ccccc5)CC4)c3n2)c1. The molecule has 0 amide bonds. The maximum atomic E-state index is 5.61. The first kappa shape index (κ1) is 24.7. The van der Waals surface area contributed by atoms with E-state index in [-0.39, 0.29) is 12.8 Å². The van der Waals surface area contributed by atoms with Gasteiger partial charge in [-0.2, -0.15) is 0 Å². The number of likely N-dealkylation sites (tertiary alicyclic amines) is 1. The lowest BCUT2D eigenvalue weighted by atomic mass is 10.0. The van der Waals surface area contributed by atoms with E-state index in [2.05, 4.69) is 55.4 Å². The van der Waals surface area contributed by atoms with Crippen molar-refractivity contribution in [3.63, 3.8) is 0 Å². The first-order valence-corrected chi connectivity index (χ1v) is 13.1. The van der Waals surface area contributed by atoms with E-state index in [4.69, 9.17) is 24.2 Å². The van der Waals surface area contributed by atoms with Gasteiger partial charge in [-0.25, -0.2) is 14.6 Å². The Kier molecular flexibility index (Phi) is 7.38. The molecule has 5 heterocycles. The predicted octanol–water partition coefficient (Wildman–Crippen LogP) is 2.94. The van der Waals surface area contributed by atoms with Gasteiger partial charge >= 0.3 is 0 Å². The third kappa shape index (κ3) is 5.31. The van der Waals surface area contributed by atoms with Gasteiger partial charge in [0.05, 0.1) is 25.5 Å². The molecule has 6 rings (SSSR count). The molecular weight excluding hydrogens is 484 g/mol. The predicted molar refractivity (Wildman–Crippen MR) is 142 cm³/mol. The Labute approximate surface area is 221 Å². The molecule has 11 nitrogen and oxygen atoms in total. The van der Waals surface area contributed by atoms with Gasteiger partial charge in [-0.05, 0) is 24.5 Å². The van der Waals surface area contributed by atoms with Crippen molar-refractivity contribution in [2.45, 2.75) is 25.4 Å². The summed E-state index contributed by atoms with van der Waals surface area (Å²) in [6, 6.07) is 12.7. The van der Waals surface area contributed by atoms with Crippen molar-refractivity contribution in [2.75, 3.05) is 58.2 Å². The van der Waals surface area contributed by atoms with Crippen LogP contribution in [0, 0.1) is 0 Å². The number of benzene rings is 1. The van der Waals surface area contributed by atoms with Crippen LogP contribution in [0.2, 0.25) is 0 Å². The van der Waals surface area contributed by atoms with Crippen LogP contribution in [-0.2, 0) is 16.0 Å². The molecule has 2 fully saturated rings. The monoisotopic (exact) mass is 516 g/mol. The molecule has 0 spiro atoms. The summed E-state index contributed by atoms with van der Waals surface area (Å²) in [6.07, 6.45) is 5.37. The van der Waals surface area contributed by atoms with Crippen LogP contribution in [-0.4, -0.2) is 88.1 Å². The molecule has 11 heteroatoms. The maximum Gasteiger partial charge on any atom is 0.188 e. The number of anilines is 1. The first-order valence-electron chi connectivity index (χ1n) is 13.1. The van der Waals surface area contributed by atoms with Crippen molar-refractivity contribution >= 4 is 17.0 Å². The average Bonchev–Trinajstić information content (AvgIpc) is 3.41. The fraction of sp³-hybridized carbons (Fsp3) is 0.444. The number of aromatic nitrogens is 6. The van der Waals surface area contributed by atoms with Gasteiger partial charge in [-0.1, -0.05) is 35.5 Å². The number of nitrogens with zero attached hydrogens (tertiary/aromatic N) is 8. The van der Waals surface area contributed by atoms with Crippen LogP contribution in [0.4, 0.5) is 5.82 Å². The smallest absolute Gasteiger partial charge is 0.188 e. The fourth-order valence-electron chi connectivity index (χ4n) is 5.10. The van der Waals surface area contributed by atoms with Gasteiger partial charge in [0.25, 0.3) is 0 Å². The van der Waals surface area contributed by atoms with Crippen LogP contribution in [0.15, 0.2) is 48.8 Å². The highest BCUT2D eigenvalue weighted by Gasteiger charge is 2.27. The zero-order valence-corrected chi connectivity index (χ0v) is 21.6. The number of piperidine rings is 1. The third-order valence-corrected chi connectivity index (χ3v) is 7.08. The van der Waals surface area contributed by atoms with Gasteiger partial charge in [-0.3, -0.25) is 9.88 Å². The standard InChI is InChI=1S/C27H32N8O3/c1-36-19-38-23-15-21(16-28-17-23)25-29-26(34-11-13-37-14-12-34)24-27(30-25)35(32-31-24)22-7-9-33(10-8-22)18-20-5-3-2-4-6-20/h2-6,15-17,22H,7-14,18-19H2,1H3. The van der Waals surface area contributed by atoms with Gasteiger partial charge < -0.3 is 19.1 Å². The summed E-state index contributed by atoms with van der Waals surface area (Å²) in [7, 11) is 1.59. The van der Waals surface area contributed by atoms with Crippen LogP contribution in [0.25, 0.3) is 22.6 Å². The Morgan fingerprint density at radius 2 is 1.82 bits per heavy atom. The van der Waals surface area contributed by atoms with Crippen molar-refractivity contribution in [2.24, 2.45) is 0 Å². The number of hydrogen-bond donors (Lipinski definition) is 0. The Morgan fingerprint density at radius 1 is 1.00 bits per heavy atom. The van der Waals surface area contributed by atoms with Crippen molar-refractivity contribution < 1.29 is 14.2 Å². The summed E-state index contributed by atoms with van der Waals surface area (Å²) < 4.78 is 18.2. The molecule has 0 atom stereocenters. The average molecular weight is 517 g/mol. The van der Waals surface area contributed by atoms with Crippen molar-refractivity contribution in [3.8, 4) is 17.1 Å². The first-order chi connectivity index (χ1) is 18.8. The number of pyridine rings is 1. The molecule has 0 saturated carbocycles. The molecule has 0 N–H and O–H groups in total. The third-order valence-electron chi connectivity index (χ3n) is 7.08. The lowest BCUT2D eigenvalue weighted by Gasteiger charge is -2.32. The Bertz CT molecular complexity index is 1350. The van der Waals surface area contributed by atoms with Crippen LogP contribution in [0.5, 0.6) is 5.75 Å². The number of methoxy groups -OCH3 is 1. The van der Waals surface area contributed by atoms with E-state index in [1.165, 1.54) is 5.56 Å². The van der Waals surface area contributed by atoms with E-state index < -0.39 is 0 Å². The highest BCUT2D eigenvalue weighted by atomic mass is 16.7. The normalized spacial score (nSPS) is 17.2. The second-order valence-corrected chi connectivity index (χ2v) is 9.63. The number of morpholine rings is 1. The molecule has 3 aromatic heterocycles. The van der Waals surface area contributed by atoms with Crippen LogP contribution >= 0.6 is 0 Å². The minimum absolute atomic E-state index is 0.143. The lowest BCUT2D eigenvalue weighted by molar-refractivity contribution is 0.0509. The topological polar surface area (TPSA) is 104 Å². The van der Waals surface area contributed by atoms with Gasteiger partial charge in [0, 0.05) is 51.6 Å². The van der Waals surface area contributed by atoms with Gasteiger partial charge in [0.1, 0.15) is 5.75 Å². The summed E-state index contributed by atoms with van der Waals surface area (Å²) >= 11 is 0.